The molecule has 4 rings (SSSR count). The molecule has 2 aromatic carbocycles. The van der Waals surface area contributed by atoms with E-state index in [1.807, 2.05) is 0 Å². The highest BCUT2D eigenvalue weighted by Gasteiger charge is 2.29. The van der Waals surface area contributed by atoms with Gasteiger partial charge in [0.25, 0.3) is 5.91 Å². The van der Waals surface area contributed by atoms with Gasteiger partial charge in [0.05, 0.1) is 10.6 Å². The molecule has 4 nitrogen and oxygen atoms in total. The minimum Gasteiger partial charge on any atom is -0.338 e. The van der Waals surface area contributed by atoms with E-state index in [0.717, 1.165) is 17.8 Å². The van der Waals surface area contributed by atoms with Crippen LogP contribution in [0, 0.1) is 5.82 Å². The summed E-state index contributed by atoms with van der Waals surface area (Å²) < 4.78 is 14.0. The first-order chi connectivity index (χ1) is 13.5. The van der Waals surface area contributed by atoms with Crippen LogP contribution in [0.1, 0.15) is 34.1 Å². The molecule has 0 saturated carbocycles. The van der Waals surface area contributed by atoms with Crippen LogP contribution in [0.2, 0.25) is 10.0 Å². The average molecular weight is 436 g/mol. The van der Waals surface area contributed by atoms with Gasteiger partial charge < -0.3 is 4.90 Å². The Hall–Kier alpha value is -2.02. The monoisotopic (exact) mass is 435 g/mol. The van der Waals surface area contributed by atoms with E-state index < -0.39 is 0 Å². The fourth-order valence-electron chi connectivity index (χ4n) is 3.34. The summed E-state index contributed by atoms with van der Waals surface area (Å²) in [6.07, 6.45) is 1.76. The van der Waals surface area contributed by atoms with Gasteiger partial charge >= 0.3 is 0 Å². The average Bonchev–Trinajstić information content (AvgIpc) is 3.18. The predicted molar refractivity (Wildman–Crippen MR) is 110 cm³/mol. The number of hydrogen-bond donors (Lipinski definition) is 0. The van der Waals surface area contributed by atoms with Crippen molar-refractivity contribution in [1.82, 2.24) is 15.1 Å². The summed E-state index contributed by atoms with van der Waals surface area (Å²) in [4.78, 5) is 14.7. The summed E-state index contributed by atoms with van der Waals surface area (Å²) in [5.74, 6) is -0.366. The zero-order chi connectivity index (χ0) is 19.7. The van der Waals surface area contributed by atoms with Crippen molar-refractivity contribution in [3.63, 3.8) is 0 Å². The zero-order valence-corrected chi connectivity index (χ0v) is 17.1. The molecule has 0 radical (unpaired) electrons. The number of carbonyl (C=O) groups is 1. The zero-order valence-electron chi connectivity index (χ0n) is 14.7. The number of halogens is 3. The second kappa shape index (κ2) is 8.15. The highest BCUT2D eigenvalue weighted by molar-refractivity contribution is 7.14. The Labute approximate surface area is 175 Å². The van der Waals surface area contributed by atoms with Crippen LogP contribution in [0.25, 0.3) is 10.6 Å². The number of piperidine rings is 1. The molecule has 1 atom stereocenters. The minimum atomic E-state index is -0.317. The Balaban J connectivity index is 1.53. The van der Waals surface area contributed by atoms with Crippen LogP contribution in [0.3, 0.4) is 0 Å². The van der Waals surface area contributed by atoms with Gasteiger partial charge in [-0.05, 0) is 43.2 Å². The Bertz CT molecular complexity index is 1030. The fourth-order valence-corrected chi connectivity index (χ4v) is 4.82. The third-order valence-corrected chi connectivity index (χ3v) is 6.43. The molecule has 2 heterocycles. The topological polar surface area (TPSA) is 46.1 Å². The van der Waals surface area contributed by atoms with Crippen molar-refractivity contribution in [2.75, 3.05) is 13.1 Å². The third-order valence-electron chi connectivity index (χ3n) is 4.76. The van der Waals surface area contributed by atoms with Gasteiger partial charge in [0.15, 0.2) is 5.01 Å². The van der Waals surface area contributed by atoms with Crippen LogP contribution in [-0.2, 0) is 0 Å². The van der Waals surface area contributed by atoms with Gasteiger partial charge in [0.2, 0.25) is 0 Å². The molecule has 1 unspecified atom stereocenters. The van der Waals surface area contributed by atoms with Crippen LogP contribution in [0.15, 0.2) is 42.5 Å². The van der Waals surface area contributed by atoms with Crippen molar-refractivity contribution in [2.24, 2.45) is 0 Å². The molecule has 1 aromatic heterocycles. The molecule has 1 amide bonds. The SMILES string of the molecule is O=C(c1ccc(Cl)cc1Cl)N1CCCC(c2nnc(-c3ccccc3F)s2)C1. The van der Waals surface area contributed by atoms with Crippen LogP contribution in [0.4, 0.5) is 4.39 Å². The van der Waals surface area contributed by atoms with E-state index in [-0.39, 0.29) is 17.6 Å². The first-order valence-corrected chi connectivity index (χ1v) is 10.4. The van der Waals surface area contributed by atoms with Crippen molar-refractivity contribution in [3.05, 3.63) is 68.9 Å². The Morgan fingerprint density at radius 2 is 2.00 bits per heavy atom. The molecule has 144 valence electrons. The lowest BCUT2D eigenvalue weighted by atomic mass is 9.98. The lowest BCUT2D eigenvalue weighted by molar-refractivity contribution is 0.0707. The van der Waals surface area contributed by atoms with Gasteiger partial charge in [-0.25, -0.2) is 4.39 Å². The van der Waals surface area contributed by atoms with Crippen molar-refractivity contribution in [1.29, 1.82) is 0 Å². The maximum atomic E-state index is 14.0. The maximum absolute atomic E-state index is 14.0. The van der Waals surface area contributed by atoms with Crippen LogP contribution in [-0.4, -0.2) is 34.1 Å². The van der Waals surface area contributed by atoms with Crippen molar-refractivity contribution >= 4 is 40.4 Å². The van der Waals surface area contributed by atoms with Gasteiger partial charge in [-0.2, -0.15) is 0 Å². The van der Waals surface area contributed by atoms with E-state index in [2.05, 4.69) is 10.2 Å². The molecule has 0 spiro atoms. The van der Waals surface area contributed by atoms with Crippen molar-refractivity contribution in [2.45, 2.75) is 18.8 Å². The molecule has 0 N–H and O–H groups in total. The number of amides is 1. The van der Waals surface area contributed by atoms with Crippen molar-refractivity contribution < 1.29 is 9.18 Å². The van der Waals surface area contributed by atoms with Gasteiger partial charge in [0, 0.05) is 29.6 Å². The largest absolute Gasteiger partial charge is 0.338 e. The summed E-state index contributed by atoms with van der Waals surface area (Å²) in [6.45, 7) is 1.19. The summed E-state index contributed by atoms with van der Waals surface area (Å²) in [7, 11) is 0. The highest BCUT2D eigenvalue weighted by atomic mass is 35.5. The fraction of sp³-hybridized carbons (Fsp3) is 0.250. The molecule has 0 bridgehead atoms. The van der Waals surface area contributed by atoms with Crippen LogP contribution in [0.5, 0.6) is 0 Å². The number of aromatic nitrogens is 2. The molecule has 1 fully saturated rings. The predicted octanol–water partition coefficient (Wildman–Crippen LogP) is 5.67. The standard InChI is InChI=1S/C20H16Cl2FN3OS/c21-13-7-8-14(16(22)10-13)20(27)26-9-3-4-12(11-26)18-24-25-19(28-18)15-5-1-2-6-17(15)23/h1-2,5-8,10,12H,3-4,9,11H2. The Morgan fingerprint density at radius 3 is 2.79 bits per heavy atom. The Morgan fingerprint density at radius 1 is 1.18 bits per heavy atom. The Kier molecular flexibility index (Phi) is 5.62. The smallest absolute Gasteiger partial charge is 0.255 e. The highest BCUT2D eigenvalue weighted by Crippen LogP contribution is 2.34. The third kappa shape index (κ3) is 3.90. The number of hydrogen-bond acceptors (Lipinski definition) is 4. The van der Waals surface area contributed by atoms with E-state index in [0.29, 0.717) is 39.3 Å². The van der Waals surface area contributed by atoms with E-state index in [1.165, 1.54) is 17.4 Å². The number of rotatable bonds is 3. The van der Waals surface area contributed by atoms with Crippen molar-refractivity contribution in [3.8, 4) is 10.6 Å². The molecule has 1 aliphatic heterocycles. The molecule has 1 aliphatic rings. The number of nitrogens with zero attached hydrogens (tertiary/aromatic N) is 3. The van der Waals surface area contributed by atoms with E-state index in [1.54, 1.807) is 41.3 Å². The molecule has 8 heteroatoms. The van der Waals surface area contributed by atoms with Gasteiger partial charge in [-0.1, -0.05) is 46.7 Å². The lowest BCUT2D eigenvalue weighted by Crippen LogP contribution is -2.39. The van der Waals surface area contributed by atoms with Gasteiger partial charge in [-0.15, -0.1) is 10.2 Å². The second-order valence-corrected chi connectivity index (χ2v) is 8.49. The first-order valence-electron chi connectivity index (χ1n) is 8.85. The molecule has 0 aliphatic carbocycles. The van der Waals surface area contributed by atoms with Gasteiger partial charge in [0.1, 0.15) is 10.8 Å². The number of likely N-dealkylation sites (tertiary alicyclic amines) is 1. The van der Waals surface area contributed by atoms with E-state index in [9.17, 15) is 9.18 Å². The maximum Gasteiger partial charge on any atom is 0.255 e. The second-order valence-electron chi connectivity index (χ2n) is 6.64. The summed E-state index contributed by atoms with van der Waals surface area (Å²) in [5, 5.41) is 10.6. The van der Waals surface area contributed by atoms with Crippen LogP contribution >= 0.6 is 34.5 Å². The van der Waals surface area contributed by atoms with E-state index >= 15 is 0 Å². The van der Waals surface area contributed by atoms with Crippen LogP contribution < -0.4 is 0 Å². The first kappa shape index (κ1) is 19.3. The summed E-state index contributed by atoms with van der Waals surface area (Å²) in [5.41, 5.74) is 0.888. The molecular formula is C20H16Cl2FN3OS. The quantitative estimate of drug-likeness (QED) is 0.532. The number of carbonyl (C=O) groups excluding carboxylic acids is 1. The van der Waals surface area contributed by atoms with Gasteiger partial charge in [-0.3, -0.25) is 4.79 Å². The summed E-state index contributed by atoms with van der Waals surface area (Å²) in [6, 6.07) is 11.4. The molecule has 1 saturated heterocycles. The number of benzene rings is 2. The lowest BCUT2D eigenvalue weighted by Gasteiger charge is -2.31. The van der Waals surface area contributed by atoms with E-state index in [4.69, 9.17) is 23.2 Å². The molecule has 28 heavy (non-hydrogen) atoms. The summed E-state index contributed by atoms with van der Waals surface area (Å²) >= 11 is 13.5. The normalized spacial score (nSPS) is 17.0. The molecular weight excluding hydrogens is 420 g/mol. The molecule has 3 aromatic rings. The minimum absolute atomic E-state index is 0.0711.